The summed E-state index contributed by atoms with van der Waals surface area (Å²) in [6.07, 6.45) is 0.749. The van der Waals surface area contributed by atoms with Crippen LogP contribution in [-0.4, -0.2) is 51.0 Å². The zero-order chi connectivity index (χ0) is 21.8. The normalized spacial score (nSPS) is 20.7. The number of carboxylic acid groups (broad SMARTS) is 2. The van der Waals surface area contributed by atoms with Crippen molar-refractivity contribution in [3.05, 3.63) is 71.3 Å². The smallest absolute Gasteiger partial charge is 0.321 e. The number of fused-ring (bicyclic) bond motifs is 1. The standard InChI is InChI=1S/C23H26N2O5/c1-14(24)21(26)20-17-10-6-5-9-16(17)13-19(23(29)30)25(20)18(22(27)28)12-11-15-7-3-2-4-8-15/h2-10,14,18-20H,11-13,24H2,1H3,(H,27,28)(H,29,30)/t14-,18?,19?,20?/m0/s1. The highest BCUT2D eigenvalue weighted by Crippen LogP contribution is 2.37. The van der Waals surface area contributed by atoms with Crippen LogP contribution >= 0.6 is 0 Å². The Balaban J connectivity index is 2.05. The van der Waals surface area contributed by atoms with Crippen molar-refractivity contribution in [2.45, 2.75) is 50.4 Å². The minimum Gasteiger partial charge on any atom is -0.480 e. The van der Waals surface area contributed by atoms with Crippen molar-refractivity contribution in [1.29, 1.82) is 0 Å². The second kappa shape index (κ2) is 9.19. The maximum atomic E-state index is 13.1. The predicted molar refractivity (Wildman–Crippen MR) is 111 cm³/mol. The number of nitrogens with two attached hydrogens (primary N) is 1. The molecule has 3 unspecified atom stereocenters. The number of aryl methyl sites for hydroxylation is 1. The molecule has 4 N–H and O–H groups in total. The van der Waals surface area contributed by atoms with E-state index in [2.05, 4.69) is 0 Å². The first-order valence-electron chi connectivity index (χ1n) is 9.95. The maximum absolute atomic E-state index is 13.1. The van der Waals surface area contributed by atoms with E-state index in [0.29, 0.717) is 12.0 Å². The Labute approximate surface area is 175 Å². The quantitative estimate of drug-likeness (QED) is 0.609. The van der Waals surface area contributed by atoms with E-state index in [1.54, 1.807) is 24.3 Å². The maximum Gasteiger partial charge on any atom is 0.321 e. The van der Waals surface area contributed by atoms with Gasteiger partial charge >= 0.3 is 11.9 Å². The molecule has 0 aliphatic carbocycles. The van der Waals surface area contributed by atoms with Gasteiger partial charge in [-0.25, -0.2) is 0 Å². The summed E-state index contributed by atoms with van der Waals surface area (Å²) in [5, 5.41) is 19.9. The van der Waals surface area contributed by atoms with E-state index < -0.39 is 36.1 Å². The fraction of sp³-hybridized carbons (Fsp3) is 0.348. The van der Waals surface area contributed by atoms with Crippen LogP contribution in [-0.2, 0) is 27.2 Å². The Morgan fingerprint density at radius 2 is 1.70 bits per heavy atom. The van der Waals surface area contributed by atoms with Gasteiger partial charge in [-0.3, -0.25) is 19.3 Å². The first kappa shape index (κ1) is 21.7. The zero-order valence-electron chi connectivity index (χ0n) is 16.8. The van der Waals surface area contributed by atoms with E-state index in [4.69, 9.17) is 5.73 Å². The molecule has 0 saturated carbocycles. The van der Waals surface area contributed by atoms with Crippen LogP contribution in [0.4, 0.5) is 0 Å². The number of nitrogens with zero attached hydrogens (tertiary/aromatic N) is 1. The summed E-state index contributed by atoms with van der Waals surface area (Å²) in [4.78, 5) is 38.8. The first-order chi connectivity index (χ1) is 14.3. The lowest BCUT2D eigenvalue weighted by atomic mass is 9.83. The molecule has 158 valence electrons. The van der Waals surface area contributed by atoms with Gasteiger partial charge in [0.1, 0.15) is 12.1 Å². The van der Waals surface area contributed by atoms with Crippen LogP contribution in [0.15, 0.2) is 54.6 Å². The van der Waals surface area contributed by atoms with Crippen LogP contribution in [0.5, 0.6) is 0 Å². The highest BCUT2D eigenvalue weighted by molar-refractivity contribution is 5.92. The molecule has 0 radical (unpaired) electrons. The van der Waals surface area contributed by atoms with Crippen molar-refractivity contribution in [2.24, 2.45) is 5.73 Å². The van der Waals surface area contributed by atoms with Gasteiger partial charge in [-0.1, -0.05) is 54.6 Å². The molecule has 2 aromatic rings. The molecular weight excluding hydrogens is 384 g/mol. The third kappa shape index (κ3) is 4.42. The number of carbonyl (C=O) groups is 3. The van der Waals surface area contributed by atoms with Crippen molar-refractivity contribution >= 4 is 17.7 Å². The van der Waals surface area contributed by atoms with Crippen molar-refractivity contribution < 1.29 is 24.6 Å². The molecule has 0 bridgehead atoms. The summed E-state index contributed by atoms with van der Waals surface area (Å²) in [6.45, 7) is 1.53. The summed E-state index contributed by atoms with van der Waals surface area (Å²) in [6, 6.07) is 12.3. The highest BCUT2D eigenvalue weighted by atomic mass is 16.4. The summed E-state index contributed by atoms with van der Waals surface area (Å²) in [5.74, 6) is -2.70. The van der Waals surface area contributed by atoms with Gasteiger partial charge < -0.3 is 15.9 Å². The Kier molecular flexibility index (Phi) is 6.64. The average molecular weight is 410 g/mol. The minimum absolute atomic E-state index is 0.128. The van der Waals surface area contributed by atoms with E-state index in [1.165, 1.54) is 11.8 Å². The number of carboxylic acids is 2. The lowest BCUT2D eigenvalue weighted by Crippen LogP contribution is -2.58. The predicted octanol–water partition coefficient (Wildman–Crippen LogP) is 2.04. The Morgan fingerprint density at radius 3 is 2.30 bits per heavy atom. The number of benzene rings is 2. The van der Waals surface area contributed by atoms with Crippen molar-refractivity contribution in [3.8, 4) is 0 Å². The number of carbonyl (C=O) groups excluding carboxylic acids is 1. The molecule has 0 aromatic heterocycles. The van der Waals surface area contributed by atoms with Gasteiger partial charge in [-0.15, -0.1) is 0 Å². The molecule has 0 amide bonds. The van der Waals surface area contributed by atoms with Gasteiger partial charge in [0.05, 0.1) is 12.1 Å². The lowest BCUT2D eigenvalue weighted by molar-refractivity contribution is -0.155. The number of hydrogen-bond donors (Lipinski definition) is 3. The highest BCUT2D eigenvalue weighted by Gasteiger charge is 2.47. The van der Waals surface area contributed by atoms with Gasteiger partial charge in [-0.05, 0) is 42.9 Å². The number of hydrogen-bond acceptors (Lipinski definition) is 5. The molecular formula is C23H26N2O5. The molecule has 1 aliphatic heterocycles. The van der Waals surface area contributed by atoms with E-state index >= 15 is 0 Å². The van der Waals surface area contributed by atoms with Crippen LogP contribution in [0.1, 0.15) is 36.1 Å². The van der Waals surface area contributed by atoms with E-state index in [-0.39, 0.29) is 18.6 Å². The van der Waals surface area contributed by atoms with Gasteiger partial charge in [-0.2, -0.15) is 0 Å². The van der Waals surface area contributed by atoms with Crippen molar-refractivity contribution in [3.63, 3.8) is 0 Å². The van der Waals surface area contributed by atoms with Crippen LogP contribution in [0.3, 0.4) is 0 Å². The number of aliphatic carboxylic acids is 2. The Morgan fingerprint density at radius 1 is 1.07 bits per heavy atom. The largest absolute Gasteiger partial charge is 0.480 e. The second-order valence-corrected chi connectivity index (χ2v) is 7.68. The zero-order valence-corrected chi connectivity index (χ0v) is 16.8. The number of ketones is 1. The monoisotopic (exact) mass is 410 g/mol. The van der Waals surface area contributed by atoms with Gasteiger partial charge in [0.2, 0.25) is 0 Å². The molecule has 1 heterocycles. The first-order valence-corrected chi connectivity index (χ1v) is 9.95. The molecule has 1 aliphatic rings. The average Bonchev–Trinajstić information content (AvgIpc) is 2.73. The molecule has 30 heavy (non-hydrogen) atoms. The van der Waals surface area contributed by atoms with Gasteiger partial charge in [0, 0.05) is 0 Å². The van der Waals surface area contributed by atoms with Crippen LogP contribution in [0.25, 0.3) is 0 Å². The van der Waals surface area contributed by atoms with Crippen LogP contribution in [0.2, 0.25) is 0 Å². The molecule has 2 aromatic carbocycles. The number of rotatable bonds is 8. The molecule has 4 atom stereocenters. The lowest BCUT2D eigenvalue weighted by Gasteiger charge is -2.44. The van der Waals surface area contributed by atoms with Crippen molar-refractivity contribution in [2.75, 3.05) is 0 Å². The molecule has 0 fully saturated rings. The summed E-state index contributed by atoms with van der Waals surface area (Å²) >= 11 is 0. The van der Waals surface area contributed by atoms with Crippen LogP contribution < -0.4 is 5.73 Å². The SMILES string of the molecule is C[C@H](N)C(=O)C1c2ccccc2CC(C(=O)O)N1C(CCc1ccccc1)C(=O)O. The molecule has 3 rings (SSSR count). The molecule has 0 spiro atoms. The topological polar surface area (TPSA) is 121 Å². The second-order valence-electron chi connectivity index (χ2n) is 7.68. The van der Waals surface area contributed by atoms with Gasteiger partial charge in [0.15, 0.2) is 5.78 Å². The minimum atomic E-state index is -1.15. The van der Waals surface area contributed by atoms with Crippen molar-refractivity contribution in [1.82, 2.24) is 4.90 Å². The van der Waals surface area contributed by atoms with E-state index in [1.807, 2.05) is 30.3 Å². The van der Waals surface area contributed by atoms with E-state index in [9.17, 15) is 24.6 Å². The molecule has 7 heteroatoms. The fourth-order valence-corrected chi connectivity index (χ4v) is 4.15. The summed E-state index contributed by atoms with van der Waals surface area (Å²) in [5.41, 5.74) is 8.18. The fourth-order valence-electron chi connectivity index (χ4n) is 4.15. The van der Waals surface area contributed by atoms with E-state index in [0.717, 1.165) is 11.1 Å². The van der Waals surface area contributed by atoms with Gasteiger partial charge in [0.25, 0.3) is 0 Å². The molecule has 0 saturated heterocycles. The molecule has 7 nitrogen and oxygen atoms in total. The summed E-state index contributed by atoms with van der Waals surface area (Å²) in [7, 11) is 0. The Bertz CT molecular complexity index is 928. The third-order valence-electron chi connectivity index (χ3n) is 5.62. The summed E-state index contributed by atoms with van der Waals surface area (Å²) < 4.78 is 0. The Hall–Kier alpha value is -3.03. The third-order valence-corrected chi connectivity index (χ3v) is 5.62. The number of Topliss-reactive ketones (excluding diaryl/α,β-unsaturated/α-hetero) is 1. The van der Waals surface area contributed by atoms with Crippen LogP contribution in [0, 0.1) is 0 Å².